The van der Waals surface area contributed by atoms with E-state index in [1.165, 1.54) is 0 Å². The molecule has 0 aliphatic carbocycles. The number of likely N-dealkylation sites (N-methyl/N-ethyl adjacent to an activating group) is 1. The summed E-state index contributed by atoms with van der Waals surface area (Å²) in [6.07, 6.45) is 1.05. The predicted molar refractivity (Wildman–Crippen MR) is 61.2 cm³/mol. The molecule has 0 aromatic heterocycles. The molecule has 94 valence electrons. The van der Waals surface area contributed by atoms with Gasteiger partial charge in [-0.15, -0.1) is 0 Å². The smallest absolute Gasteiger partial charge is 0.323 e. The molecule has 1 heterocycles. The summed E-state index contributed by atoms with van der Waals surface area (Å²) in [6.45, 7) is 3.27. The summed E-state index contributed by atoms with van der Waals surface area (Å²) in [5.74, 6) is -0.557. The highest BCUT2D eigenvalue weighted by Crippen LogP contribution is 2.23. The van der Waals surface area contributed by atoms with Crippen molar-refractivity contribution in [2.75, 3.05) is 18.6 Å². The Bertz CT molecular complexity index is 360. The molecule has 1 N–H and O–H groups in total. The quantitative estimate of drug-likeness (QED) is 0.781. The second-order valence-electron chi connectivity index (χ2n) is 4.86. The fourth-order valence-corrected chi connectivity index (χ4v) is 3.34. The summed E-state index contributed by atoms with van der Waals surface area (Å²) >= 11 is 0. The van der Waals surface area contributed by atoms with E-state index >= 15 is 0 Å². The van der Waals surface area contributed by atoms with Gasteiger partial charge < -0.3 is 5.11 Å². The summed E-state index contributed by atoms with van der Waals surface area (Å²) < 4.78 is 22.5. The Balaban J connectivity index is 2.71. The molecule has 16 heavy (non-hydrogen) atoms. The van der Waals surface area contributed by atoms with Crippen molar-refractivity contribution in [3.63, 3.8) is 0 Å². The van der Waals surface area contributed by atoms with Gasteiger partial charge in [0.25, 0.3) is 0 Å². The lowest BCUT2D eigenvalue weighted by Crippen LogP contribution is -2.54. The molecule has 0 bridgehead atoms. The molecule has 1 aliphatic rings. The van der Waals surface area contributed by atoms with Crippen molar-refractivity contribution in [2.24, 2.45) is 0 Å². The number of carboxylic acid groups (broad SMARTS) is 1. The van der Waals surface area contributed by atoms with E-state index in [0.29, 0.717) is 12.8 Å². The molecular weight excluding hydrogens is 230 g/mol. The highest BCUT2D eigenvalue weighted by atomic mass is 32.2. The summed E-state index contributed by atoms with van der Waals surface area (Å²) in [4.78, 5) is 12.8. The maximum atomic E-state index is 11.3. The second kappa shape index (κ2) is 4.33. The minimum Gasteiger partial charge on any atom is -0.480 e. The number of hydrogen-bond acceptors (Lipinski definition) is 4. The Morgan fingerprint density at radius 1 is 1.31 bits per heavy atom. The Morgan fingerprint density at radius 2 is 1.75 bits per heavy atom. The van der Waals surface area contributed by atoms with Crippen LogP contribution in [0.25, 0.3) is 0 Å². The van der Waals surface area contributed by atoms with Gasteiger partial charge in [-0.1, -0.05) is 0 Å². The lowest BCUT2D eigenvalue weighted by atomic mass is 9.99. The Labute approximate surface area is 96.4 Å². The van der Waals surface area contributed by atoms with E-state index in [9.17, 15) is 13.2 Å². The zero-order valence-electron chi connectivity index (χ0n) is 9.93. The largest absolute Gasteiger partial charge is 0.480 e. The SMILES string of the molecule is CN(C1CCS(=O)(=O)CC1)C(C)(C)C(=O)O. The number of carbonyl (C=O) groups is 1. The molecule has 0 amide bonds. The topological polar surface area (TPSA) is 74.7 Å². The van der Waals surface area contributed by atoms with E-state index in [4.69, 9.17) is 5.11 Å². The first-order valence-corrected chi connectivity index (χ1v) is 7.16. The van der Waals surface area contributed by atoms with E-state index in [2.05, 4.69) is 0 Å². The van der Waals surface area contributed by atoms with Gasteiger partial charge in [0, 0.05) is 6.04 Å². The minimum absolute atomic E-state index is 0.0367. The number of aliphatic carboxylic acids is 1. The van der Waals surface area contributed by atoms with E-state index < -0.39 is 21.3 Å². The van der Waals surface area contributed by atoms with Crippen LogP contribution in [0.2, 0.25) is 0 Å². The molecule has 1 rings (SSSR count). The first-order chi connectivity index (χ1) is 7.17. The fourth-order valence-electron chi connectivity index (χ4n) is 1.87. The van der Waals surface area contributed by atoms with Crippen LogP contribution in [-0.4, -0.2) is 54.5 Å². The molecule has 0 spiro atoms. The Morgan fingerprint density at radius 3 is 2.12 bits per heavy atom. The van der Waals surface area contributed by atoms with Crippen molar-refractivity contribution >= 4 is 15.8 Å². The summed E-state index contributed by atoms with van der Waals surface area (Å²) in [5, 5.41) is 9.09. The third-order valence-electron chi connectivity index (χ3n) is 3.48. The van der Waals surface area contributed by atoms with Gasteiger partial charge in [-0.25, -0.2) is 8.42 Å². The average Bonchev–Trinajstić information content (AvgIpc) is 2.16. The molecule has 0 saturated carbocycles. The second-order valence-corrected chi connectivity index (χ2v) is 7.16. The zero-order valence-corrected chi connectivity index (χ0v) is 10.7. The number of rotatable bonds is 3. The van der Waals surface area contributed by atoms with Crippen LogP contribution in [0.4, 0.5) is 0 Å². The molecule has 0 aromatic rings. The Hall–Kier alpha value is -0.620. The van der Waals surface area contributed by atoms with E-state index in [0.717, 1.165) is 0 Å². The van der Waals surface area contributed by atoms with Crippen molar-refractivity contribution in [1.29, 1.82) is 0 Å². The molecule has 0 aromatic carbocycles. The fraction of sp³-hybridized carbons (Fsp3) is 0.900. The normalized spacial score (nSPS) is 22.2. The van der Waals surface area contributed by atoms with Gasteiger partial charge in [0.1, 0.15) is 15.4 Å². The molecule has 6 heteroatoms. The van der Waals surface area contributed by atoms with Gasteiger partial charge in [0.2, 0.25) is 0 Å². The van der Waals surface area contributed by atoms with E-state index in [1.807, 2.05) is 0 Å². The number of hydrogen-bond donors (Lipinski definition) is 1. The molecule has 0 unspecified atom stereocenters. The summed E-state index contributed by atoms with van der Waals surface area (Å²) in [7, 11) is -1.14. The van der Waals surface area contributed by atoms with Gasteiger partial charge >= 0.3 is 5.97 Å². The molecule has 1 saturated heterocycles. The first kappa shape index (κ1) is 13.4. The maximum Gasteiger partial charge on any atom is 0.323 e. The van der Waals surface area contributed by atoms with Crippen molar-refractivity contribution in [1.82, 2.24) is 4.90 Å². The molecule has 0 radical (unpaired) electrons. The lowest BCUT2D eigenvalue weighted by molar-refractivity contribution is -0.150. The van der Waals surface area contributed by atoms with Crippen molar-refractivity contribution < 1.29 is 18.3 Å². The third-order valence-corrected chi connectivity index (χ3v) is 5.19. The van der Waals surface area contributed by atoms with E-state index in [1.54, 1.807) is 25.8 Å². The van der Waals surface area contributed by atoms with Gasteiger partial charge in [-0.3, -0.25) is 9.69 Å². The third kappa shape index (κ3) is 2.74. The number of nitrogens with zero attached hydrogens (tertiary/aromatic N) is 1. The predicted octanol–water partition coefficient (Wildman–Crippen LogP) is 0.359. The maximum absolute atomic E-state index is 11.3. The molecule has 0 atom stereocenters. The van der Waals surface area contributed by atoms with Gasteiger partial charge in [-0.2, -0.15) is 0 Å². The van der Waals surface area contributed by atoms with Gasteiger partial charge in [0.05, 0.1) is 11.5 Å². The molecular formula is C10H19NO4S. The van der Waals surface area contributed by atoms with Crippen LogP contribution in [0, 0.1) is 0 Å². The number of carboxylic acids is 1. The van der Waals surface area contributed by atoms with Crippen molar-refractivity contribution in [3.8, 4) is 0 Å². The molecule has 5 nitrogen and oxygen atoms in total. The first-order valence-electron chi connectivity index (χ1n) is 5.33. The minimum atomic E-state index is -2.89. The molecule has 1 fully saturated rings. The zero-order chi connectivity index (χ0) is 12.6. The van der Waals surface area contributed by atoms with E-state index in [-0.39, 0.29) is 17.5 Å². The van der Waals surface area contributed by atoms with Crippen LogP contribution in [0.1, 0.15) is 26.7 Å². The highest BCUT2D eigenvalue weighted by molar-refractivity contribution is 7.91. The van der Waals surface area contributed by atoms with Crippen molar-refractivity contribution in [2.45, 2.75) is 38.3 Å². The summed E-state index contributed by atoms with van der Waals surface area (Å²) in [5.41, 5.74) is -0.953. The highest BCUT2D eigenvalue weighted by Gasteiger charge is 2.38. The molecule has 1 aliphatic heterocycles. The summed E-state index contributed by atoms with van der Waals surface area (Å²) in [6, 6.07) is 0.0367. The van der Waals surface area contributed by atoms with Gasteiger partial charge in [0.15, 0.2) is 0 Å². The van der Waals surface area contributed by atoms with Crippen LogP contribution in [0.15, 0.2) is 0 Å². The lowest BCUT2D eigenvalue weighted by Gasteiger charge is -2.39. The van der Waals surface area contributed by atoms with Gasteiger partial charge in [-0.05, 0) is 33.7 Å². The van der Waals surface area contributed by atoms with Crippen LogP contribution in [0.5, 0.6) is 0 Å². The van der Waals surface area contributed by atoms with Crippen LogP contribution < -0.4 is 0 Å². The monoisotopic (exact) mass is 249 g/mol. The Kier molecular flexibility index (Phi) is 3.64. The number of sulfone groups is 1. The van der Waals surface area contributed by atoms with Crippen LogP contribution >= 0.6 is 0 Å². The van der Waals surface area contributed by atoms with Crippen LogP contribution in [0.3, 0.4) is 0 Å². The average molecular weight is 249 g/mol. The van der Waals surface area contributed by atoms with Crippen molar-refractivity contribution in [3.05, 3.63) is 0 Å². The van der Waals surface area contributed by atoms with Crippen LogP contribution in [-0.2, 0) is 14.6 Å². The standard InChI is InChI=1S/C10H19NO4S/c1-10(2,9(12)13)11(3)8-4-6-16(14,15)7-5-8/h8H,4-7H2,1-3H3,(H,12,13).